The van der Waals surface area contributed by atoms with Gasteiger partial charge in [-0.3, -0.25) is 0 Å². The SMILES string of the molecule is CC(F)(CC12CC3CC(CC(C3)C1)C2)S(=O)(=O)N1CCCCC1. The van der Waals surface area contributed by atoms with E-state index < -0.39 is 15.0 Å². The van der Waals surface area contributed by atoms with E-state index >= 15 is 4.39 Å². The number of rotatable bonds is 4. The van der Waals surface area contributed by atoms with Crippen LogP contribution in [-0.4, -0.2) is 30.8 Å². The Morgan fingerprint density at radius 2 is 1.48 bits per heavy atom. The predicted octanol–water partition coefficient (Wildman–Crippen LogP) is 4.09. The Morgan fingerprint density at radius 3 is 1.96 bits per heavy atom. The van der Waals surface area contributed by atoms with Crippen molar-refractivity contribution in [1.82, 2.24) is 4.31 Å². The third kappa shape index (κ3) is 2.76. The van der Waals surface area contributed by atoms with Crippen LogP contribution in [0.1, 0.15) is 71.1 Å². The molecule has 0 amide bonds. The van der Waals surface area contributed by atoms with Crippen LogP contribution in [0.2, 0.25) is 0 Å². The molecule has 3 nitrogen and oxygen atoms in total. The fourth-order valence-electron chi connectivity index (χ4n) is 6.64. The maximum Gasteiger partial charge on any atom is 0.249 e. The van der Waals surface area contributed by atoms with Gasteiger partial charge >= 0.3 is 0 Å². The Balaban J connectivity index is 1.55. The van der Waals surface area contributed by atoms with Crippen molar-refractivity contribution in [2.24, 2.45) is 23.2 Å². The molecule has 4 bridgehead atoms. The van der Waals surface area contributed by atoms with E-state index in [0.717, 1.165) is 56.3 Å². The van der Waals surface area contributed by atoms with Gasteiger partial charge in [0.1, 0.15) is 0 Å². The van der Waals surface area contributed by atoms with Gasteiger partial charge in [-0.1, -0.05) is 6.42 Å². The van der Waals surface area contributed by atoms with Crippen LogP contribution in [0.15, 0.2) is 0 Å². The van der Waals surface area contributed by atoms with E-state index in [4.69, 9.17) is 0 Å². The van der Waals surface area contributed by atoms with Crippen LogP contribution in [0.4, 0.5) is 4.39 Å². The van der Waals surface area contributed by atoms with Crippen molar-refractivity contribution < 1.29 is 12.8 Å². The van der Waals surface area contributed by atoms with Crippen molar-refractivity contribution >= 4 is 10.0 Å². The first-order valence-corrected chi connectivity index (χ1v) is 10.9. The molecule has 132 valence electrons. The summed E-state index contributed by atoms with van der Waals surface area (Å²) in [6.07, 6.45) is 10.1. The first-order valence-electron chi connectivity index (χ1n) is 9.48. The van der Waals surface area contributed by atoms with Gasteiger partial charge in [-0.15, -0.1) is 0 Å². The first kappa shape index (κ1) is 16.3. The van der Waals surface area contributed by atoms with E-state index in [1.54, 1.807) is 0 Å². The third-order valence-corrected chi connectivity index (χ3v) is 9.31. The highest BCUT2D eigenvalue weighted by molar-refractivity contribution is 7.90. The molecule has 0 aromatic carbocycles. The average molecular weight is 344 g/mol. The molecule has 5 fully saturated rings. The minimum atomic E-state index is -3.84. The molecule has 1 heterocycles. The number of halogens is 1. The van der Waals surface area contributed by atoms with Gasteiger partial charge in [0.2, 0.25) is 15.0 Å². The molecule has 1 unspecified atom stereocenters. The quantitative estimate of drug-likeness (QED) is 0.771. The number of hydrogen-bond acceptors (Lipinski definition) is 2. The van der Waals surface area contributed by atoms with Crippen LogP contribution < -0.4 is 0 Å². The topological polar surface area (TPSA) is 37.4 Å². The van der Waals surface area contributed by atoms with Crippen molar-refractivity contribution in [3.05, 3.63) is 0 Å². The standard InChI is InChI=1S/C18H30FNO2S/c1-17(19,23(21,22)20-5-3-2-4-6-20)13-18-10-14-7-15(11-18)9-16(8-14)12-18/h14-16H,2-13H2,1H3. The summed E-state index contributed by atoms with van der Waals surface area (Å²) >= 11 is 0. The smallest absolute Gasteiger partial charge is 0.225 e. The zero-order valence-corrected chi connectivity index (χ0v) is 15.1. The third-order valence-electron chi connectivity index (χ3n) is 7.05. The van der Waals surface area contributed by atoms with E-state index in [2.05, 4.69) is 0 Å². The van der Waals surface area contributed by atoms with Crippen LogP contribution in [-0.2, 0) is 10.0 Å². The summed E-state index contributed by atoms with van der Waals surface area (Å²) in [5.74, 6) is 2.19. The molecule has 0 aromatic heterocycles. The minimum Gasteiger partial charge on any atom is -0.225 e. The lowest BCUT2D eigenvalue weighted by molar-refractivity contribution is -0.0710. The zero-order valence-electron chi connectivity index (χ0n) is 14.3. The monoisotopic (exact) mass is 343 g/mol. The molecule has 5 heteroatoms. The van der Waals surface area contributed by atoms with E-state index in [-0.39, 0.29) is 11.8 Å². The lowest BCUT2D eigenvalue weighted by atomic mass is 9.48. The molecular weight excluding hydrogens is 313 g/mol. The van der Waals surface area contributed by atoms with E-state index in [9.17, 15) is 8.42 Å². The highest BCUT2D eigenvalue weighted by Crippen LogP contribution is 2.63. The Morgan fingerprint density at radius 1 is 1.00 bits per heavy atom. The van der Waals surface area contributed by atoms with E-state index in [1.165, 1.54) is 30.5 Å². The molecule has 4 aliphatic carbocycles. The Hall–Kier alpha value is -0.160. The second kappa shape index (κ2) is 5.42. The number of nitrogens with zero attached hydrogens (tertiary/aromatic N) is 1. The Kier molecular flexibility index (Phi) is 3.84. The Bertz CT molecular complexity index is 530. The molecule has 4 saturated carbocycles. The van der Waals surface area contributed by atoms with Crippen molar-refractivity contribution in [3.8, 4) is 0 Å². The van der Waals surface area contributed by atoms with Crippen LogP contribution in [0, 0.1) is 23.2 Å². The second-order valence-corrected chi connectivity index (χ2v) is 11.5. The van der Waals surface area contributed by atoms with Gasteiger partial charge in [-0.2, -0.15) is 4.31 Å². The van der Waals surface area contributed by atoms with Gasteiger partial charge in [0, 0.05) is 19.5 Å². The Labute approximate surface area is 140 Å². The second-order valence-electron chi connectivity index (χ2n) is 9.16. The maximum atomic E-state index is 15.5. The minimum absolute atomic E-state index is 0.0406. The van der Waals surface area contributed by atoms with Crippen molar-refractivity contribution in [2.45, 2.75) is 76.1 Å². The average Bonchev–Trinajstić information content (AvgIpc) is 2.45. The van der Waals surface area contributed by atoms with Crippen LogP contribution >= 0.6 is 0 Å². The molecule has 0 N–H and O–H groups in total. The molecule has 0 radical (unpaired) electrons. The molecule has 1 saturated heterocycles. The van der Waals surface area contributed by atoms with Gasteiger partial charge < -0.3 is 0 Å². The van der Waals surface area contributed by atoms with Crippen LogP contribution in [0.3, 0.4) is 0 Å². The maximum absolute atomic E-state index is 15.5. The van der Waals surface area contributed by atoms with Crippen LogP contribution in [0.25, 0.3) is 0 Å². The highest BCUT2D eigenvalue weighted by atomic mass is 32.2. The molecular formula is C18H30FNO2S. The zero-order chi connectivity index (χ0) is 16.3. The molecule has 1 aliphatic heterocycles. The summed E-state index contributed by atoms with van der Waals surface area (Å²) in [5.41, 5.74) is -0.0406. The normalized spacial score (nSPS) is 43.5. The predicted molar refractivity (Wildman–Crippen MR) is 89.1 cm³/mol. The van der Waals surface area contributed by atoms with Gasteiger partial charge in [0.15, 0.2) is 0 Å². The lowest BCUT2D eigenvalue weighted by Crippen LogP contribution is -2.52. The number of piperidine rings is 1. The molecule has 5 rings (SSSR count). The fourth-order valence-corrected chi connectivity index (χ4v) is 8.41. The molecule has 0 aromatic rings. The molecule has 1 atom stereocenters. The summed E-state index contributed by atoms with van der Waals surface area (Å²) in [6, 6.07) is 0. The summed E-state index contributed by atoms with van der Waals surface area (Å²) < 4.78 is 42.7. The summed E-state index contributed by atoms with van der Waals surface area (Å²) in [6.45, 7) is 2.35. The largest absolute Gasteiger partial charge is 0.249 e. The van der Waals surface area contributed by atoms with Crippen molar-refractivity contribution in [1.29, 1.82) is 0 Å². The van der Waals surface area contributed by atoms with Crippen molar-refractivity contribution in [3.63, 3.8) is 0 Å². The van der Waals surface area contributed by atoms with Gasteiger partial charge in [0.05, 0.1) is 0 Å². The first-order chi connectivity index (χ1) is 10.8. The fraction of sp³-hybridized carbons (Fsp3) is 1.00. The van der Waals surface area contributed by atoms with Crippen LogP contribution in [0.5, 0.6) is 0 Å². The van der Waals surface area contributed by atoms with Gasteiger partial charge in [-0.25, -0.2) is 12.8 Å². The molecule has 0 spiro atoms. The van der Waals surface area contributed by atoms with Gasteiger partial charge in [0.25, 0.3) is 0 Å². The van der Waals surface area contributed by atoms with Gasteiger partial charge in [-0.05, 0) is 81.5 Å². The molecule has 23 heavy (non-hydrogen) atoms. The van der Waals surface area contributed by atoms with Crippen molar-refractivity contribution in [2.75, 3.05) is 13.1 Å². The number of hydrogen-bond donors (Lipinski definition) is 0. The summed E-state index contributed by atoms with van der Waals surface area (Å²) in [4.78, 5) is 0. The summed E-state index contributed by atoms with van der Waals surface area (Å²) in [7, 11) is -3.84. The van der Waals surface area contributed by atoms with E-state index in [1.807, 2.05) is 0 Å². The molecule has 5 aliphatic rings. The van der Waals surface area contributed by atoms with E-state index in [0.29, 0.717) is 13.1 Å². The highest BCUT2D eigenvalue weighted by Gasteiger charge is 2.56. The number of sulfonamides is 1. The lowest BCUT2D eigenvalue weighted by Gasteiger charge is -2.58. The number of alkyl halides is 1. The summed E-state index contributed by atoms with van der Waals surface area (Å²) in [5, 5.41) is -2.10.